The van der Waals surface area contributed by atoms with E-state index in [1.807, 2.05) is 54.6 Å². The molecule has 0 radical (unpaired) electrons. The predicted molar refractivity (Wildman–Crippen MR) is 115 cm³/mol. The maximum Gasteiger partial charge on any atom is 0.251 e. The molecule has 0 atom stereocenters. The van der Waals surface area contributed by atoms with Crippen molar-refractivity contribution < 1.29 is 14.3 Å². The molecule has 0 unspecified atom stereocenters. The topological polar surface area (TPSA) is 73.3 Å². The largest absolute Gasteiger partial charge is 0.493 e. The Bertz CT molecular complexity index is 981. The van der Waals surface area contributed by atoms with Crippen molar-refractivity contribution in [2.45, 2.75) is 38.1 Å². The van der Waals surface area contributed by atoms with Crippen molar-refractivity contribution in [3.63, 3.8) is 0 Å². The lowest BCUT2D eigenvalue weighted by Crippen LogP contribution is -2.36. The summed E-state index contributed by atoms with van der Waals surface area (Å²) in [4.78, 5) is 12.5. The minimum atomic E-state index is -0.0138. The summed E-state index contributed by atoms with van der Waals surface area (Å²) in [5, 5.41) is 11.5. The Labute approximate surface area is 176 Å². The zero-order valence-corrected chi connectivity index (χ0v) is 17.0. The van der Waals surface area contributed by atoms with E-state index >= 15 is 0 Å². The smallest absolute Gasteiger partial charge is 0.251 e. The molecule has 1 saturated carbocycles. The van der Waals surface area contributed by atoms with Crippen LogP contribution in [0.5, 0.6) is 17.4 Å². The van der Waals surface area contributed by atoms with E-state index in [1.54, 1.807) is 13.2 Å². The second-order valence-electron chi connectivity index (χ2n) is 7.40. The maximum atomic E-state index is 12.5. The summed E-state index contributed by atoms with van der Waals surface area (Å²) >= 11 is 0. The van der Waals surface area contributed by atoms with Crippen molar-refractivity contribution in [3.8, 4) is 28.6 Å². The van der Waals surface area contributed by atoms with E-state index in [4.69, 9.17) is 9.47 Å². The van der Waals surface area contributed by atoms with Gasteiger partial charge in [0.15, 0.2) is 11.5 Å². The third kappa shape index (κ3) is 4.76. The lowest BCUT2D eigenvalue weighted by atomic mass is 9.95. The van der Waals surface area contributed by atoms with Crippen molar-refractivity contribution in [1.82, 2.24) is 15.5 Å². The first kappa shape index (κ1) is 19.9. The van der Waals surface area contributed by atoms with Crippen LogP contribution < -0.4 is 14.8 Å². The molecule has 2 aromatic carbocycles. The van der Waals surface area contributed by atoms with Crippen LogP contribution in [0.1, 0.15) is 42.5 Å². The summed E-state index contributed by atoms with van der Waals surface area (Å²) in [7, 11) is 1.59. The quantitative estimate of drug-likeness (QED) is 0.626. The van der Waals surface area contributed by atoms with E-state index < -0.39 is 0 Å². The molecular formula is C24H25N3O3. The highest BCUT2D eigenvalue weighted by Gasteiger charge is 2.16. The molecule has 6 nitrogen and oxygen atoms in total. The Morgan fingerprint density at radius 1 is 0.900 bits per heavy atom. The van der Waals surface area contributed by atoms with Crippen molar-refractivity contribution in [3.05, 3.63) is 66.2 Å². The van der Waals surface area contributed by atoms with Gasteiger partial charge in [0.2, 0.25) is 5.88 Å². The standard InChI is InChI=1S/C24H25N3O3/c1-29-21-9-5-6-10-22(21)30-23-16-15-20(26-27-23)17-11-13-18(14-12-17)24(28)25-19-7-3-2-4-8-19/h5-6,9-16,19H,2-4,7-8H2,1H3,(H,25,28). The van der Waals surface area contributed by atoms with Crippen LogP contribution in [0.2, 0.25) is 0 Å². The van der Waals surface area contributed by atoms with Crippen LogP contribution in [0.3, 0.4) is 0 Å². The Balaban J connectivity index is 1.41. The van der Waals surface area contributed by atoms with Crippen LogP contribution in [0.4, 0.5) is 0 Å². The predicted octanol–water partition coefficient (Wildman–Crippen LogP) is 5.01. The lowest BCUT2D eigenvalue weighted by Gasteiger charge is -2.22. The first-order valence-electron chi connectivity index (χ1n) is 10.3. The third-order valence-corrected chi connectivity index (χ3v) is 5.31. The minimum Gasteiger partial charge on any atom is -0.493 e. The van der Waals surface area contributed by atoms with Crippen LogP contribution in [0.15, 0.2) is 60.7 Å². The molecular weight excluding hydrogens is 378 g/mol. The van der Waals surface area contributed by atoms with E-state index in [9.17, 15) is 4.79 Å². The molecule has 1 aromatic heterocycles. The lowest BCUT2D eigenvalue weighted by molar-refractivity contribution is 0.0927. The summed E-state index contributed by atoms with van der Waals surface area (Å²) in [5.41, 5.74) is 2.26. The number of carbonyl (C=O) groups excluding carboxylic acids is 1. The van der Waals surface area contributed by atoms with Crippen molar-refractivity contribution in [2.75, 3.05) is 7.11 Å². The maximum absolute atomic E-state index is 12.5. The second kappa shape index (κ2) is 9.39. The highest BCUT2D eigenvalue weighted by atomic mass is 16.5. The number of methoxy groups -OCH3 is 1. The van der Waals surface area contributed by atoms with Gasteiger partial charge in [-0.3, -0.25) is 4.79 Å². The number of rotatable bonds is 6. The Morgan fingerprint density at radius 2 is 1.63 bits per heavy atom. The average molecular weight is 403 g/mol. The van der Waals surface area contributed by atoms with Gasteiger partial charge in [0.1, 0.15) is 0 Å². The highest BCUT2D eigenvalue weighted by molar-refractivity contribution is 5.94. The number of hydrogen-bond donors (Lipinski definition) is 1. The molecule has 0 saturated heterocycles. The fraction of sp³-hybridized carbons (Fsp3) is 0.292. The van der Waals surface area contributed by atoms with Gasteiger partial charge in [-0.15, -0.1) is 10.2 Å². The number of nitrogens with one attached hydrogen (secondary N) is 1. The van der Waals surface area contributed by atoms with E-state index in [0.29, 0.717) is 34.7 Å². The fourth-order valence-corrected chi connectivity index (χ4v) is 3.65. The Hall–Kier alpha value is -3.41. The highest BCUT2D eigenvalue weighted by Crippen LogP contribution is 2.30. The summed E-state index contributed by atoms with van der Waals surface area (Å²) < 4.78 is 11.0. The van der Waals surface area contributed by atoms with Crippen molar-refractivity contribution in [2.24, 2.45) is 0 Å². The SMILES string of the molecule is COc1ccccc1Oc1ccc(-c2ccc(C(=O)NC3CCCCC3)cc2)nn1. The first-order chi connectivity index (χ1) is 14.7. The number of nitrogens with zero attached hydrogens (tertiary/aromatic N) is 2. The molecule has 0 aliphatic heterocycles. The Morgan fingerprint density at radius 3 is 2.30 bits per heavy atom. The Kier molecular flexibility index (Phi) is 6.23. The number of benzene rings is 2. The number of hydrogen-bond acceptors (Lipinski definition) is 5. The molecule has 1 N–H and O–H groups in total. The molecule has 6 heteroatoms. The fourth-order valence-electron chi connectivity index (χ4n) is 3.65. The second-order valence-corrected chi connectivity index (χ2v) is 7.40. The summed E-state index contributed by atoms with van der Waals surface area (Å²) in [6, 6.07) is 18.7. The molecule has 3 aromatic rings. The normalized spacial score (nSPS) is 14.2. The van der Waals surface area contributed by atoms with Gasteiger partial charge in [-0.25, -0.2) is 0 Å². The molecule has 1 heterocycles. The van der Waals surface area contributed by atoms with Crippen LogP contribution in [0, 0.1) is 0 Å². The summed E-state index contributed by atoms with van der Waals surface area (Å²) in [6.45, 7) is 0. The van der Waals surface area contributed by atoms with Crippen molar-refractivity contribution in [1.29, 1.82) is 0 Å². The molecule has 154 valence electrons. The summed E-state index contributed by atoms with van der Waals surface area (Å²) in [5.74, 6) is 1.58. The van der Waals surface area contributed by atoms with Gasteiger partial charge in [-0.05, 0) is 43.2 Å². The number of para-hydroxylation sites is 2. The molecule has 1 aliphatic rings. The minimum absolute atomic E-state index is 0.0138. The number of carbonyl (C=O) groups is 1. The number of ether oxygens (including phenoxy) is 2. The molecule has 4 rings (SSSR count). The van der Waals surface area contributed by atoms with Gasteiger partial charge in [0.25, 0.3) is 5.91 Å². The van der Waals surface area contributed by atoms with Gasteiger partial charge in [-0.1, -0.05) is 43.5 Å². The van der Waals surface area contributed by atoms with Gasteiger partial charge >= 0.3 is 0 Å². The molecule has 30 heavy (non-hydrogen) atoms. The number of aromatic nitrogens is 2. The van der Waals surface area contributed by atoms with E-state index in [2.05, 4.69) is 15.5 Å². The monoisotopic (exact) mass is 403 g/mol. The molecule has 0 bridgehead atoms. The van der Waals surface area contributed by atoms with Crippen LogP contribution in [0.25, 0.3) is 11.3 Å². The summed E-state index contributed by atoms with van der Waals surface area (Å²) in [6.07, 6.45) is 5.80. The van der Waals surface area contributed by atoms with E-state index in [-0.39, 0.29) is 5.91 Å². The van der Waals surface area contributed by atoms with Crippen LogP contribution >= 0.6 is 0 Å². The van der Waals surface area contributed by atoms with Crippen LogP contribution in [-0.4, -0.2) is 29.3 Å². The zero-order chi connectivity index (χ0) is 20.8. The van der Waals surface area contributed by atoms with Gasteiger partial charge < -0.3 is 14.8 Å². The average Bonchev–Trinajstić information content (AvgIpc) is 2.81. The zero-order valence-electron chi connectivity index (χ0n) is 17.0. The molecule has 1 aliphatic carbocycles. The van der Waals surface area contributed by atoms with E-state index in [1.165, 1.54) is 19.3 Å². The van der Waals surface area contributed by atoms with Gasteiger partial charge in [0, 0.05) is 23.2 Å². The van der Waals surface area contributed by atoms with Gasteiger partial charge in [0.05, 0.1) is 12.8 Å². The van der Waals surface area contributed by atoms with E-state index in [0.717, 1.165) is 18.4 Å². The molecule has 1 amide bonds. The molecule has 0 spiro atoms. The number of amides is 1. The third-order valence-electron chi connectivity index (χ3n) is 5.31. The van der Waals surface area contributed by atoms with Gasteiger partial charge in [-0.2, -0.15) is 0 Å². The van der Waals surface area contributed by atoms with Crippen LogP contribution in [-0.2, 0) is 0 Å². The molecule has 1 fully saturated rings. The first-order valence-corrected chi connectivity index (χ1v) is 10.3. The van der Waals surface area contributed by atoms with Crippen molar-refractivity contribution >= 4 is 5.91 Å².